The highest BCUT2D eigenvalue weighted by Crippen LogP contribution is 2.21. The molecule has 1 heterocycles. The van der Waals surface area contributed by atoms with Crippen molar-refractivity contribution in [1.29, 1.82) is 5.41 Å². The molecule has 56 valence electrons. The van der Waals surface area contributed by atoms with Crippen LogP contribution in [0.1, 0.15) is 19.8 Å². The predicted octanol–water partition coefficient (Wildman–Crippen LogP) is 2.36. The topological polar surface area (TPSA) is 27.1 Å². The largest absolute Gasteiger partial charge is 0.334 e. The SMILES string of the molecule is CC(=N)N1CCC/C1=C/I. The fourth-order valence-corrected chi connectivity index (χ4v) is 1.84. The molecule has 0 aromatic heterocycles. The third-order valence-electron chi connectivity index (χ3n) is 1.69. The quantitative estimate of drug-likeness (QED) is 0.399. The monoisotopic (exact) mass is 250 g/mol. The molecule has 0 radical (unpaired) electrons. The average Bonchev–Trinajstić information content (AvgIpc) is 2.33. The molecule has 0 aliphatic carbocycles. The molecule has 1 fully saturated rings. The van der Waals surface area contributed by atoms with Crippen molar-refractivity contribution in [2.75, 3.05) is 6.54 Å². The van der Waals surface area contributed by atoms with E-state index < -0.39 is 0 Å². The highest BCUT2D eigenvalue weighted by atomic mass is 127. The first-order chi connectivity index (χ1) is 4.75. The van der Waals surface area contributed by atoms with Gasteiger partial charge in [-0.05, 0) is 23.8 Å². The molecule has 2 nitrogen and oxygen atoms in total. The maximum absolute atomic E-state index is 7.41. The minimum atomic E-state index is 0.667. The van der Waals surface area contributed by atoms with Gasteiger partial charge in [0.2, 0.25) is 0 Å². The minimum Gasteiger partial charge on any atom is -0.334 e. The molecule has 1 aliphatic heterocycles. The Morgan fingerprint density at radius 3 is 2.90 bits per heavy atom. The molecule has 1 aliphatic rings. The average molecular weight is 250 g/mol. The molecule has 0 aromatic rings. The van der Waals surface area contributed by atoms with Crippen molar-refractivity contribution in [2.24, 2.45) is 0 Å². The van der Waals surface area contributed by atoms with Gasteiger partial charge in [-0.2, -0.15) is 0 Å². The highest BCUT2D eigenvalue weighted by Gasteiger charge is 2.16. The number of amidine groups is 1. The van der Waals surface area contributed by atoms with E-state index in [0.717, 1.165) is 13.0 Å². The van der Waals surface area contributed by atoms with E-state index >= 15 is 0 Å². The number of hydrogen-bond acceptors (Lipinski definition) is 1. The lowest BCUT2D eigenvalue weighted by molar-refractivity contribution is 0.582. The lowest BCUT2D eigenvalue weighted by Gasteiger charge is -2.16. The van der Waals surface area contributed by atoms with E-state index in [-0.39, 0.29) is 0 Å². The first-order valence-corrected chi connectivity index (χ1v) is 4.62. The Morgan fingerprint density at radius 2 is 2.50 bits per heavy atom. The summed E-state index contributed by atoms with van der Waals surface area (Å²) in [4.78, 5) is 2.06. The number of likely N-dealkylation sites (tertiary alicyclic amines) is 1. The van der Waals surface area contributed by atoms with Crippen LogP contribution < -0.4 is 0 Å². The Labute approximate surface area is 74.9 Å². The molecule has 1 N–H and O–H groups in total. The van der Waals surface area contributed by atoms with E-state index in [2.05, 4.69) is 31.6 Å². The Kier molecular flexibility index (Phi) is 2.71. The molecular formula is C7H11IN2. The van der Waals surface area contributed by atoms with Crippen LogP contribution in [0.5, 0.6) is 0 Å². The van der Waals surface area contributed by atoms with Crippen molar-refractivity contribution in [2.45, 2.75) is 19.8 Å². The van der Waals surface area contributed by atoms with Crippen LogP contribution in [0.15, 0.2) is 9.78 Å². The summed E-state index contributed by atoms with van der Waals surface area (Å²) in [5, 5.41) is 7.41. The zero-order valence-corrected chi connectivity index (χ0v) is 8.18. The van der Waals surface area contributed by atoms with E-state index in [1.54, 1.807) is 0 Å². The second-order valence-corrected chi connectivity index (χ2v) is 3.06. The van der Waals surface area contributed by atoms with Gasteiger partial charge in [-0.15, -0.1) is 0 Å². The summed E-state index contributed by atoms with van der Waals surface area (Å²) in [6.45, 7) is 2.87. The molecule has 0 unspecified atom stereocenters. The van der Waals surface area contributed by atoms with E-state index in [9.17, 15) is 0 Å². The fraction of sp³-hybridized carbons (Fsp3) is 0.571. The molecule has 0 amide bonds. The molecule has 1 rings (SSSR count). The zero-order chi connectivity index (χ0) is 7.56. The van der Waals surface area contributed by atoms with Crippen LogP contribution in [0.4, 0.5) is 0 Å². The summed E-state index contributed by atoms with van der Waals surface area (Å²) < 4.78 is 2.07. The standard InChI is InChI=1S/C7H11IN2/c1-6(9)10-4-2-3-7(10)5-8/h5,9H,2-4H2,1H3/b7-5-,9-6?. The predicted molar refractivity (Wildman–Crippen MR) is 51.4 cm³/mol. The van der Waals surface area contributed by atoms with Crippen LogP contribution in [0.2, 0.25) is 0 Å². The van der Waals surface area contributed by atoms with E-state index in [0.29, 0.717) is 5.84 Å². The molecule has 10 heavy (non-hydrogen) atoms. The van der Waals surface area contributed by atoms with Gasteiger partial charge in [0.15, 0.2) is 0 Å². The van der Waals surface area contributed by atoms with E-state index in [1.807, 2.05) is 6.92 Å². The van der Waals surface area contributed by atoms with Gasteiger partial charge in [-0.3, -0.25) is 5.41 Å². The summed E-state index contributed by atoms with van der Waals surface area (Å²) in [6.07, 6.45) is 2.34. The van der Waals surface area contributed by atoms with Crippen molar-refractivity contribution < 1.29 is 0 Å². The molecule has 0 bridgehead atoms. The molecule has 0 aromatic carbocycles. The summed E-state index contributed by atoms with van der Waals surface area (Å²) in [5.74, 6) is 0.667. The van der Waals surface area contributed by atoms with Crippen LogP contribution in [0, 0.1) is 5.41 Å². The van der Waals surface area contributed by atoms with Gasteiger partial charge in [0.05, 0.1) is 5.84 Å². The van der Waals surface area contributed by atoms with Crippen LogP contribution in [0.25, 0.3) is 0 Å². The Hall–Kier alpha value is -0.0600. The van der Waals surface area contributed by atoms with Gasteiger partial charge in [0.1, 0.15) is 0 Å². The molecule has 0 atom stereocenters. The van der Waals surface area contributed by atoms with Gasteiger partial charge in [-0.25, -0.2) is 0 Å². The molecule has 0 spiro atoms. The summed E-state index contributed by atoms with van der Waals surface area (Å²) in [6, 6.07) is 0. The van der Waals surface area contributed by atoms with E-state index in [1.165, 1.54) is 12.1 Å². The summed E-state index contributed by atoms with van der Waals surface area (Å²) in [5.41, 5.74) is 1.30. The van der Waals surface area contributed by atoms with Gasteiger partial charge in [0, 0.05) is 12.2 Å². The molecule has 0 saturated carbocycles. The molecule has 1 saturated heterocycles. The van der Waals surface area contributed by atoms with Crippen LogP contribution >= 0.6 is 22.6 Å². The van der Waals surface area contributed by atoms with Gasteiger partial charge in [0.25, 0.3) is 0 Å². The third-order valence-corrected chi connectivity index (χ3v) is 2.41. The minimum absolute atomic E-state index is 0.667. The number of rotatable bonds is 0. The number of allylic oxidation sites excluding steroid dienone is 1. The third kappa shape index (κ3) is 1.51. The number of hydrogen-bond donors (Lipinski definition) is 1. The van der Waals surface area contributed by atoms with Gasteiger partial charge in [-0.1, -0.05) is 22.6 Å². The van der Waals surface area contributed by atoms with Crippen molar-refractivity contribution in [3.8, 4) is 0 Å². The summed E-state index contributed by atoms with van der Waals surface area (Å²) >= 11 is 2.24. The number of halogens is 1. The second kappa shape index (κ2) is 3.37. The number of nitrogens with zero attached hydrogens (tertiary/aromatic N) is 1. The van der Waals surface area contributed by atoms with Gasteiger partial charge >= 0.3 is 0 Å². The zero-order valence-electron chi connectivity index (χ0n) is 6.02. The van der Waals surface area contributed by atoms with Gasteiger partial charge < -0.3 is 4.90 Å². The molecule has 3 heteroatoms. The van der Waals surface area contributed by atoms with Crippen LogP contribution in [-0.2, 0) is 0 Å². The highest BCUT2D eigenvalue weighted by molar-refractivity contribution is 14.1. The van der Waals surface area contributed by atoms with Crippen molar-refractivity contribution in [3.63, 3.8) is 0 Å². The lowest BCUT2D eigenvalue weighted by atomic mass is 10.3. The fourth-order valence-electron chi connectivity index (χ4n) is 1.19. The van der Waals surface area contributed by atoms with Crippen molar-refractivity contribution >= 4 is 28.4 Å². The van der Waals surface area contributed by atoms with Crippen molar-refractivity contribution in [1.82, 2.24) is 4.90 Å². The Morgan fingerprint density at radius 1 is 1.80 bits per heavy atom. The smallest absolute Gasteiger partial charge is 0.0968 e. The maximum Gasteiger partial charge on any atom is 0.0968 e. The van der Waals surface area contributed by atoms with Crippen molar-refractivity contribution in [3.05, 3.63) is 9.78 Å². The Bertz CT molecular complexity index is 174. The normalized spacial score (nSPS) is 22.2. The first kappa shape index (κ1) is 8.04. The lowest BCUT2D eigenvalue weighted by Crippen LogP contribution is -2.22. The van der Waals surface area contributed by atoms with Crippen LogP contribution in [0.3, 0.4) is 0 Å². The maximum atomic E-state index is 7.41. The second-order valence-electron chi connectivity index (χ2n) is 2.44. The first-order valence-electron chi connectivity index (χ1n) is 3.37. The Balaban J connectivity index is 2.68. The van der Waals surface area contributed by atoms with Crippen LogP contribution in [-0.4, -0.2) is 17.3 Å². The van der Waals surface area contributed by atoms with E-state index in [4.69, 9.17) is 5.41 Å². The number of nitrogens with one attached hydrogen (secondary N) is 1. The summed E-state index contributed by atoms with van der Waals surface area (Å²) in [7, 11) is 0. The molecular weight excluding hydrogens is 239 g/mol.